The lowest BCUT2D eigenvalue weighted by molar-refractivity contribution is 0.0239. The number of carbonyl (C=O) groups is 1. The zero-order chi connectivity index (χ0) is 15.1. The minimum atomic E-state index is -0.0639. The molecule has 114 valence electrons. The number of aliphatic hydroxyl groups excluding tert-OH is 1. The molecule has 1 aromatic heterocycles. The van der Waals surface area contributed by atoms with Crippen LogP contribution in [-0.4, -0.2) is 37.4 Å². The van der Waals surface area contributed by atoms with Crippen LogP contribution in [0.25, 0.3) is 0 Å². The van der Waals surface area contributed by atoms with Gasteiger partial charge in [0.15, 0.2) is 0 Å². The summed E-state index contributed by atoms with van der Waals surface area (Å²) in [5.41, 5.74) is 0.858. The largest absolute Gasteiger partial charge is 0.395 e. The highest BCUT2D eigenvalue weighted by atomic mass is 32.1. The molecule has 1 aromatic rings. The fourth-order valence-corrected chi connectivity index (χ4v) is 2.98. The molecule has 2 rings (SSSR count). The van der Waals surface area contributed by atoms with Crippen molar-refractivity contribution in [2.45, 2.75) is 26.2 Å². The van der Waals surface area contributed by atoms with Crippen LogP contribution in [0.15, 0.2) is 11.4 Å². The second-order valence-corrected chi connectivity index (χ2v) is 6.46. The molecule has 1 saturated heterocycles. The molecule has 1 aliphatic rings. The third-order valence-corrected chi connectivity index (χ3v) is 4.62. The fourth-order valence-electron chi connectivity index (χ4n) is 2.21. The molecule has 0 bridgehead atoms. The Hall–Kier alpha value is -1.35. The van der Waals surface area contributed by atoms with E-state index in [9.17, 15) is 4.79 Å². The number of ether oxygens (including phenoxy) is 1. The van der Waals surface area contributed by atoms with Crippen LogP contribution < -0.4 is 5.32 Å². The summed E-state index contributed by atoms with van der Waals surface area (Å²) in [5.74, 6) is 5.73. The normalized spacial score (nSPS) is 16.9. The monoisotopic (exact) mass is 307 g/mol. The molecular weight excluding hydrogens is 286 g/mol. The molecule has 1 aliphatic heterocycles. The van der Waals surface area contributed by atoms with Crippen molar-refractivity contribution in [1.82, 2.24) is 5.32 Å². The molecule has 0 radical (unpaired) electrons. The number of nitrogens with one attached hydrogen (secondary N) is 1. The third-order valence-electron chi connectivity index (χ3n) is 3.71. The maximum atomic E-state index is 12.3. The highest BCUT2D eigenvalue weighted by Gasteiger charge is 2.28. The maximum Gasteiger partial charge on any atom is 0.262 e. The Morgan fingerprint density at radius 3 is 3.00 bits per heavy atom. The first-order valence-electron chi connectivity index (χ1n) is 7.18. The lowest BCUT2D eigenvalue weighted by Crippen LogP contribution is -2.39. The number of hydrogen-bond acceptors (Lipinski definition) is 4. The molecule has 1 amide bonds. The summed E-state index contributed by atoms with van der Waals surface area (Å²) >= 11 is 1.40. The SMILES string of the molecule is CC1(CNC(=O)c2sccc2C#CCCO)CCOCC1. The van der Waals surface area contributed by atoms with E-state index in [1.54, 1.807) is 0 Å². The molecule has 4 nitrogen and oxygen atoms in total. The van der Waals surface area contributed by atoms with Crippen LogP contribution in [0.3, 0.4) is 0 Å². The molecule has 0 atom stereocenters. The molecular formula is C16H21NO3S. The summed E-state index contributed by atoms with van der Waals surface area (Å²) in [7, 11) is 0. The smallest absolute Gasteiger partial charge is 0.262 e. The van der Waals surface area contributed by atoms with E-state index in [4.69, 9.17) is 9.84 Å². The molecule has 0 spiro atoms. The average Bonchev–Trinajstić information content (AvgIpc) is 2.94. The predicted molar refractivity (Wildman–Crippen MR) is 83.4 cm³/mol. The molecule has 0 unspecified atom stereocenters. The molecule has 0 aliphatic carbocycles. The van der Waals surface area contributed by atoms with Crippen LogP contribution in [0.1, 0.15) is 41.4 Å². The van der Waals surface area contributed by atoms with Crippen LogP contribution >= 0.6 is 11.3 Å². The lowest BCUT2D eigenvalue weighted by Gasteiger charge is -2.33. The standard InChI is InChI=1S/C16H21NO3S/c1-16(6-9-20-10-7-16)12-17-15(19)14-13(5-11-21-14)4-2-3-8-18/h5,11,18H,3,6-10,12H2,1H3,(H,17,19). The molecule has 2 heterocycles. The van der Waals surface area contributed by atoms with Gasteiger partial charge >= 0.3 is 0 Å². The Morgan fingerprint density at radius 1 is 1.52 bits per heavy atom. The first kappa shape index (κ1) is 16.0. The maximum absolute atomic E-state index is 12.3. The topological polar surface area (TPSA) is 58.6 Å². The Morgan fingerprint density at radius 2 is 2.29 bits per heavy atom. The Balaban J connectivity index is 1.95. The van der Waals surface area contributed by atoms with Crippen molar-refractivity contribution < 1.29 is 14.6 Å². The second kappa shape index (κ2) is 7.60. The number of aliphatic hydroxyl groups is 1. The highest BCUT2D eigenvalue weighted by molar-refractivity contribution is 7.12. The van der Waals surface area contributed by atoms with Crippen molar-refractivity contribution in [2.75, 3.05) is 26.4 Å². The van der Waals surface area contributed by atoms with E-state index in [0.717, 1.165) is 31.6 Å². The van der Waals surface area contributed by atoms with Crippen LogP contribution in [0, 0.1) is 17.3 Å². The number of hydrogen-bond donors (Lipinski definition) is 2. The van der Waals surface area contributed by atoms with Gasteiger partial charge in [0.1, 0.15) is 4.88 Å². The van der Waals surface area contributed by atoms with Gasteiger partial charge in [-0.25, -0.2) is 0 Å². The zero-order valence-electron chi connectivity index (χ0n) is 12.3. The van der Waals surface area contributed by atoms with Gasteiger partial charge in [0.25, 0.3) is 5.91 Å². The highest BCUT2D eigenvalue weighted by Crippen LogP contribution is 2.29. The number of rotatable bonds is 4. The van der Waals surface area contributed by atoms with Gasteiger partial charge in [-0.05, 0) is 29.7 Å². The molecule has 0 aromatic carbocycles. The Labute approximate surface area is 129 Å². The molecule has 21 heavy (non-hydrogen) atoms. The van der Waals surface area contributed by atoms with E-state index in [2.05, 4.69) is 24.1 Å². The Bertz CT molecular complexity index is 535. The van der Waals surface area contributed by atoms with E-state index in [1.165, 1.54) is 11.3 Å². The third kappa shape index (κ3) is 4.57. The van der Waals surface area contributed by atoms with Crippen molar-refractivity contribution in [3.63, 3.8) is 0 Å². The molecule has 5 heteroatoms. The van der Waals surface area contributed by atoms with Gasteiger partial charge in [0, 0.05) is 31.7 Å². The number of carbonyl (C=O) groups excluding carboxylic acids is 1. The van der Waals surface area contributed by atoms with Crippen molar-refractivity contribution in [1.29, 1.82) is 0 Å². The van der Waals surface area contributed by atoms with Gasteiger partial charge < -0.3 is 15.2 Å². The van der Waals surface area contributed by atoms with Gasteiger partial charge in [0.05, 0.1) is 6.61 Å². The minimum Gasteiger partial charge on any atom is -0.395 e. The number of amides is 1. The first-order chi connectivity index (χ1) is 10.1. The van der Waals surface area contributed by atoms with Crippen molar-refractivity contribution in [2.24, 2.45) is 5.41 Å². The van der Waals surface area contributed by atoms with Gasteiger partial charge in [-0.15, -0.1) is 11.3 Å². The summed E-state index contributed by atoms with van der Waals surface area (Å²) in [5, 5.41) is 13.6. The van der Waals surface area contributed by atoms with Crippen LogP contribution in [0.4, 0.5) is 0 Å². The summed E-state index contributed by atoms with van der Waals surface area (Å²) < 4.78 is 5.37. The molecule has 2 N–H and O–H groups in total. The van der Waals surface area contributed by atoms with Crippen LogP contribution in [0.2, 0.25) is 0 Å². The molecule has 1 fully saturated rings. The van der Waals surface area contributed by atoms with E-state index >= 15 is 0 Å². The van der Waals surface area contributed by atoms with Gasteiger partial charge in [-0.3, -0.25) is 4.79 Å². The number of thiophene rings is 1. The van der Waals surface area contributed by atoms with E-state index in [-0.39, 0.29) is 17.9 Å². The summed E-state index contributed by atoms with van der Waals surface area (Å²) in [6.07, 6.45) is 2.37. The Kier molecular flexibility index (Phi) is 5.80. The molecule has 0 saturated carbocycles. The van der Waals surface area contributed by atoms with Gasteiger partial charge in [-0.1, -0.05) is 18.8 Å². The zero-order valence-corrected chi connectivity index (χ0v) is 13.1. The van der Waals surface area contributed by atoms with Crippen molar-refractivity contribution in [3.05, 3.63) is 21.9 Å². The van der Waals surface area contributed by atoms with Crippen LogP contribution in [-0.2, 0) is 4.74 Å². The van der Waals surface area contributed by atoms with Crippen molar-refractivity contribution in [3.8, 4) is 11.8 Å². The lowest BCUT2D eigenvalue weighted by atomic mass is 9.82. The quantitative estimate of drug-likeness (QED) is 0.837. The fraction of sp³-hybridized carbons (Fsp3) is 0.562. The van der Waals surface area contributed by atoms with E-state index in [1.807, 2.05) is 11.4 Å². The van der Waals surface area contributed by atoms with E-state index in [0.29, 0.717) is 17.8 Å². The van der Waals surface area contributed by atoms with Gasteiger partial charge in [0.2, 0.25) is 0 Å². The minimum absolute atomic E-state index is 0.0408. The average molecular weight is 307 g/mol. The summed E-state index contributed by atoms with van der Waals surface area (Å²) in [6, 6.07) is 1.85. The van der Waals surface area contributed by atoms with Crippen molar-refractivity contribution >= 4 is 17.2 Å². The van der Waals surface area contributed by atoms with Gasteiger partial charge in [-0.2, -0.15) is 0 Å². The summed E-state index contributed by atoms with van der Waals surface area (Å²) in [6.45, 7) is 4.42. The van der Waals surface area contributed by atoms with Crippen LogP contribution in [0.5, 0.6) is 0 Å². The predicted octanol–water partition coefficient (Wildman–Crippen LogP) is 2.03. The first-order valence-corrected chi connectivity index (χ1v) is 8.06. The second-order valence-electron chi connectivity index (χ2n) is 5.54. The summed E-state index contributed by atoms with van der Waals surface area (Å²) in [4.78, 5) is 12.9. The van der Waals surface area contributed by atoms with E-state index < -0.39 is 0 Å².